The monoisotopic (exact) mass is 521 g/mol. The summed E-state index contributed by atoms with van der Waals surface area (Å²) in [6.45, 7) is -0.415. The lowest BCUT2D eigenvalue weighted by Gasteiger charge is -2.15. The summed E-state index contributed by atoms with van der Waals surface area (Å²) in [5.41, 5.74) is 1.53. The van der Waals surface area contributed by atoms with E-state index in [1.165, 1.54) is 24.4 Å². The molecule has 156 valence electrons. The number of carboxylic acids is 1. The molecule has 0 aliphatic heterocycles. The number of hydrogen-bond acceptors (Lipinski definition) is 5. The third kappa shape index (κ3) is 5.00. The number of halogens is 1. The number of carboxylic acid groups (broad SMARTS) is 1. The zero-order valence-electron chi connectivity index (χ0n) is 15.5. The van der Waals surface area contributed by atoms with Crippen molar-refractivity contribution < 1.29 is 29.7 Å². The zero-order chi connectivity index (χ0) is 21.8. The van der Waals surface area contributed by atoms with E-state index in [4.69, 9.17) is 0 Å². The van der Waals surface area contributed by atoms with Crippen LogP contribution in [-0.4, -0.2) is 50.7 Å². The van der Waals surface area contributed by atoms with Crippen LogP contribution < -0.4 is 10.6 Å². The van der Waals surface area contributed by atoms with Crippen LogP contribution in [0.5, 0.6) is 11.5 Å². The standard InChI is InChI=1S/C20H18IN3O6/c21-14-5-10(1-4-17(14)26)6-16(20(29)30)24-18(27)9-23-19(28)13-8-22-15-3-2-11(25)7-12(13)15/h1-5,7-8,16,22,25-26H,6,9H2,(H,23,28)(H,24,27)(H,29,30)/t16-/m0/s1/i21-2. The number of carbonyl (C=O) groups excluding carboxylic acids is 2. The molecule has 6 N–H and O–H groups in total. The number of phenolic OH excluding ortho intramolecular Hbond substituents is 2. The van der Waals surface area contributed by atoms with E-state index >= 15 is 0 Å². The first-order chi connectivity index (χ1) is 14.2. The molecule has 1 aromatic heterocycles. The zero-order valence-corrected chi connectivity index (χ0v) is 17.6. The second-order valence-electron chi connectivity index (χ2n) is 6.56. The molecule has 30 heavy (non-hydrogen) atoms. The van der Waals surface area contributed by atoms with Crippen LogP contribution >= 0.6 is 22.6 Å². The van der Waals surface area contributed by atoms with E-state index in [1.807, 2.05) is 22.6 Å². The molecule has 0 unspecified atom stereocenters. The first kappa shape index (κ1) is 21.4. The lowest BCUT2D eigenvalue weighted by molar-refractivity contribution is -0.141. The number of benzene rings is 2. The Morgan fingerprint density at radius 3 is 2.57 bits per heavy atom. The molecule has 3 rings (SSSR count). The van der Waals surface area contributed by atoms with Crippen molar-refractivity contribution >= 4 is 51.3 Å². The van der Waals surface area contributed by atoms with Crippen LogP contribution in [-0.2, 0) is 16.0 Å². The van der Waals surface area contributed by atoms with Gasteiger partial charge in [0.25, 0.3) is 5.91 Å². The van der Waals surface area contributed by atoms with Gasteiger partial charge in [0, 0.05) is 23.5 Å². The fourth-order valence-electron chi connectivity index (χ4n) is 2.91. The molecule has 0 fully saturated rings. The second kappa shape index (κ2) is 9.03. The van der Waals surface area contributed by atoms with Crippen molar-refractivity contribution in [3.8, 4) is 11.5 Å². The SMILES string of the molecule is O=C(CNC(=O)c1c[nH]c2ccc(O)cc12)N[C@@H](Cc1ccc(O)c([125I])c1)C(=O)O. The maximum atomic E-state index is 12.4. The van der Waals surface area contributed by atoms with Crippen LogP contribution in [0.3, 0.4) is 0 Å². The number of amides is 2. The van der Waals surface area contributed by atoms with Gasteiger partial charge in [-0.2, -0.15) is 0 Å². The van der Waals surface area contributed by atoms with Gasteiger partial charge in [-0.1, -0.05) is 6.07 Å². The summed E-state index contributed by atoms with van der Waals surface area (Å²) in [4.78, 5) is 39.0. The molecule has 0 bridgehead atoms. The van der Waals surface area contributed by atoms with Gasteiger partial charge in [-0.3, -0.25) is 9.59 Å². The predicted octanol–water partition coefficient (Wildman–Crippen LogP) is 1.73. The normalized spacial score (nSPS) is 11.8. The van der Waals surface area contributed by atoms with Gasteiger partial charge < -0.3 is 30.9 Å². The van der Waals surface area contributed by atoms with Crippen molar-refractivity contribution in [3.05, 3.63) is 57.3 Å². The number of aromatic amines is 1. The number of fused-ring (bicyclic) bond motifs is 1. The Morgan fingerprint density at radius 2 is 1.87 bits per heavy atom. The van der Waals surface area contributed by atoms with E-state index < -0.39 is 30.4 Å². The summed E-state index contributed by atoms with van der Waals surface area (Å²) in [5, 5.41) is 33.9. The molecule has 3 aromatic rings. The summed E-state index contributed by atoms with van der Waals surface area (Å²) >= 11 is 1.92. The molecule has 10 heteroatoms. The molecule has 1 heterocycles. The number of nitrogens with one attached hydrogen (secondary N) is 3. The lowest BCUT2D eigenvalue weighted by Crippen LogP contribution is -2.46. The highest BCUT2D eigenvalue weighted by atomic mass is 125. The van der Waals surface area contributed by atoms with E-state index in [0.29, 0.717) is 20.0 Å². The third-order valence-electron chi connectivity index (χ3n) is 4.40. The van der Waals surface area contributed by atoms with Crippen molar-refractivity contribution in [1.29, 1.82) is 0 Å². The third-order valence-corrected chi connectivity index (χ3v) is 5.27. The molecular formula is C20H18IN3O6. The number of aromatic nitrogens is 1. The van der Waals surface area contributed by atoms with Crippen LogP contribution in [0.25, 0.3) is 10.9 Å². The number of carbonyl (C=O) groups is 3. The van der Waals surface area contributed by atoms with Crippen molar-refractivity contribution in [2.75, 3.05) is 6.54 Å². The van der Waals surface area contributed by atoms with Crippen LogP contribution in [0.1, 0.15) is 15.9 Å². The molecule has 0 aliphatic rings. The number of hydrogen-bond donors (Lipinski definition) is 6. The van der Waals surface area contributed by atoms with E-state index in [1.54, 1.807) is 18.2 Å². The topological polar surface area (TPSA) is 152 Å². The van der Waals surface area contributed by atoms with Gasteiger partial charge in [0.05, 0.1) is 15.7 Å². The van der Waals surface area contributed by atoms with Gasteiger partial charge in [0.2, 0.25) is 5.91 Å². The first-order valence-electron chi connectivity index (χ1n) is 8.82. The number of rotatable bonds is 7. The van der Waals surface area contributed by atoms with Crippen molar-refractivity contribution in [1.82, 2.24) is 15.6 Å². The fourth-order valence-corrected chi connectivity index (χ4v) is 3.49. The Labute approximate surface area is 184 Å². The van der Waals surface area contributed by atoms with Crippen LogP contribution in [0.4, 0.5) is 0 Å². The molecule has 2 amide bonds. The molecule has 9 nitrogen and oxygen atoms in total. The second-order valence-corrected chi connectivity index (χ2v) is 7.73. The minimum Gasteiger partial charge on any atom is -0.508 e. The van der Waals surface area contributed by atoms with Crippen molar-refractivity contribution in [2.24, 2.45) is 0 Å². The minimum atomic E-state index is -1.22. The molecule has 0 saturated carbocycles. The summed E-state index contributed by atoms with van der Waals surface area (Å²) in [7, 11) is 0. The van der Waals surface area contributed by atoms with Crippen LogP contribution in [0, 0.1) is 3.57 Å². The Bertz CT molecular complexity index is 1130. The highest BCUT2D eigenvalue weighted by molar-refractivity contribution is 14.1. The largest absolute Gasteiger partial charge is 0.508 e. The highest BCUT2D eigenvalue weighted by Gasteiger charge is 2.21. The van der Waals surface area contributed by atoms with Gasteiger partial charge in [-0.25, -0.2) is 4.79 Å². The summed E-state index contributed by atoms with van der Waals surface area (Å²) < 4.78 is 0.567. The van der Waals surface area contributed by atoms with Gasteiger partial charge >= 0.3 is 5.97 Å². The van der Waals surface area contributed by atoms with E-state index in [2.05, 4.69) is 15.6 Å². The number of phenols is 2. The molecule has 1 atom stereocenters. The number of aromatic hydroxyl groups is 2. The predicted molar refractivity (Wildman–Crippen MR) is 116 cm³/mol. The molecule has 2 aromatic carbocycles. The molecule has 0 spiro atoms. The summed E-state index contributed by atoms with van der Waals surface area (Å²) in [5.74, 6) is -2.33. The molecule has 0 aliphatic carbocycles. The average Bonchev–Trinajstić information content (AvgIpc) is 3.11. The number of H-pyrrole nitrogens is 1. The van der Waals surface area contributed by atoms with Crippen molar-refractivity contribution in [3.63, 3.8) is 0 Å². The minimum absolute atomic E-state index is 0.00193. The van der Waals surface area contributed by atoms with E-state index in [9.17, 15) is 29.7 Å². The highest BCUT2D eigenvalue weighted by Crippen LogP contribution is 2.23. The quantitative estimate of drug-likeness (QED) is 0.261. The van der Waals surface area contributed by atoms with Crippen molar-refractivity contribution in [2.45, 2.75) is 12.5 Å². The molecular weight excluding hydrogens is 503 g/mol. The Hall–Kier alpha value is -3.28. The first-order valence-corrected chi connectivity index (χ1v) is 9.90. The van der Waals surface area contributed by atoms with Crippen LogP contribution in [0.2, 0.25) is 0 Å². The van der Waals surface area contributed by atoms with Gasteiger partial charge in [-0.05, 0) is 58.5 Å². The maximum Gasteiger partial charge on any atom is 0.326 e. The summed E-state index contributed by atoms with van der Waals surface area (Å²) in [6, 6.07) is 8.00. The average molecular weight is 521 g/mol. The Kier molecular flexibility index (Phi) is 6.45. The lowest BCUT2D eigenvalue weighted by atomic mass is 10.1. The fraction of sp³-hybridized carbons (Fsp3) is 0.150. The van der Waals surface area contributed by atoms with Crippen LogP contribution in [0.15, 0.2) is 42.6 Å². The smallest absolute Gasteiger partial charge is 0.326 e. The van der Waals surface area contributed by atoms with Gasteiger partial charge in [0.1, 0.15) is 17.5 Å². The van der Waals surface area contributed by atoms with E-state index in [0.717, 1.165) is 0 Å². The molecule has 0 saturated heterocycles. The van der Waals surface area contributed by atoms with Gasteiger partial charge in [-0.15, -0.1) is 0 Å². The van der Waals surface area contributed by atoms with Gasteiger partial charge in [0.15, 0.2) is 0 Å². The number of aliphatic carboxylic acids is 1. The van der Waals surface area contributed by atoms with E-state index in [-0.39, 0.29) is 23.5 Å². The molecule has 0 radical (unpaired) electrons. The Morgan fingerprint density at radius 1 is 1.10 bits per heavy atom. The summed E-state index contributed by atoms with van der Waals surface area (Å²) in [6.07, 6.45) is 1.48. The maximum absolute atomic E-state index is 12.4. The Balaban J connectivity index is 1.61.